The summed E-state index contributed by atoms with van der Waals surface area (Å²) in [4.78, 5) is 23.9. The summed E-state index contributed by atoms with van der Waals surface area (Å²) in [7, 11) is 0. The number of halogens is 2. The molecule has 122 valence electrons. The summed E-state index contributed by atoms with van der Waals surface area (Å²) in [5.41, 5.74) is 6.94. The van der Waals surface area contributed by atoms with E-state index >= 15 is 0 Å². The minimum absolute atomic E-state index is 0.207. The van der Waals surface area contributed by atoms with Crippen LogP contribution < -0.4 is 11.1 Å². The number of nitrogens with zero attached hydrogens (tertiary/aromatic N) is 1. The molecular formula is C17H13BrClN3O2. The Morgan fingerprint density at radius 1 is 1.25 bits per heavy atom. The monoisotopic (exact) mass is 405 g/mol. The first kappa shape index (κ1) is 18.0. The van der Waals surface area contributed by atoms with E-state index in [0.717, 1.165) is 10.0 Å². The van der Waals surface area contributed by atoms with Gasteiger partial charge in [0.1, 0.15) is 6.04 Å². The summed E-state index contributed by atoms with van der Waals surface area (Å²) < 4.78 is 0.769. The summed E-state index contributed by atoms with van der Waals surface area (Å²) in [6.45, 7) is 0. The predicted molar refractivity (Wildman–Crippen MR) is 94.5 cm³/mol. The van der Waals surface area contributed by atoms with Crippen molar-refractivity contribution in [3.63, 3.8) is 0 Å². The first-order chi connectivity index (χ1) is 11.4. The molecule has 24 heavy (non-hydrogen) atoms. The fourth-order valence-electron chi connectivity index (χ4n) is 2.08. The molecule has 3 N–H and O–H groups in total. The van der Waals surface area contributed by atoms with Crippen molar-refractivity contribution >= 4 is 39.3 Å². The van der Waals surface area contributed by atoms with Crippen LogP contribution in [0.2, 0.25) is 5.02 Å². The van der Waals surface area contributed by atoms with E-state index in [1.807, 2.05) is 6.07 Å². The molecule has 0 saturated carbocycles. The molecule has 0 aliphatic heterocycles. The zero-order chi connectivity index (χ0) is 17.7. The van der Waals surface area contributed by atoms with Gasteiger partial charge in [-0.3, -0.25) is 9.59 Å². The van der Waals surface area contributed by atoms with Crippen LogP contribution in [0, 0.1) is 11.3 Å². The summed E-state index contributed by atoms with van der Waals surface area (Å²) in [5, 5.41) is 11.9. The Morgan fingerprint density at radius 2 is 1.92 bits per heavy atom. The number of hydrogen-bond donors (Lipinski definition) is 2. The molecule has 0 bridgehead atoms. The van der Waals surface area contributed by atoms with E-state index in [-0.39, 0.29) is 6.42 Å². The second-order valence-electron chi connectivity index (χ2n) is 5.06. The van der Waals surface area contributed by atoms with Gasteiger partial charge in [-0.15, -0.1) is 0 Å². The van der Waals surface area contributed by atoms with Crippen LogP contribution in [0.15, 0.2) is 46.9 Å². The van der Waals surface area contributed by atoms with Gasteiger partial charge in [-0.1, -0.05) is 27.5 Å². The third-order valence-corrected chi connectivity index (χ3v) is 4.37. The molecule has 2 rings (SSSR count). The maximum absolute atomic E-state index is 12.3. The molecule has 0 unspecified atom stereocenters. The van der Waals surface area contributed by atoms with Crippen LogP contribution in [0.4, 0.5) is 0 Å². The number of carbonyl (C=O) groups excluding carboxylic acids is 2. The van der Waals surface area contributed by atoms with Crippen molar-refractivity contribution < 1.29 is 9.59 Å². The van der Waals surface area contributed by atoms with Crippen LogP contribution in [-0.4, -0.2) is 17.9 Å². The van der Waals surface area contributed by atoms with Gasteiger partial charge in [0.2, 0.25) is 5.91 Å². The van der Waals surface area contributed by atoms with E-state index in [0.29, 0.717) is 16.1 Å². The van der Waals surface area contributed by atoms with Crippen molar-refractivity contribution in [3.05, 3.63) is 68.7 Å². The molecule has 2 amide bonds. The molecule has 1 atom stereocenters. The molecule has 0 radical (unpaired) electrons. The normalized spacial score (nSPS) is 11.4. The van der Waals surface area contributed by atoms with Crippen LogP contribution in [0.3, 0.4) is 0 Å². The Hall–Kier alpha value is -2.36. The van der Waals surface area contributed by atoms with Crippen molar-refractivity contribution in [2.24, 2.45) is 5.73 Å². The van der Waals surface area contributed by atoms with Gasteiger partial charge in [0, 0.05) is 21.5 Å². The van der Waals surface area contributed by atoms with Crippen LogP contribution >= 0.6 is 27.5 Å². The Balaban J connectivity index is 2.16. The zero-order valence-corrected chi connectivity index (χ0v) is 14.8. The topological polar surface area (TPSA) is 96.0 Å². The molecule has 0 aliphatic rings. The Kier molecular flexibility index (Phi) is 5.96. The quantitative estimate of drug-likeness (QED) is 0.799. The van der Waals surface area contributed by atoms with E-state index < -0.39 is 17.9 Å². The van der Waals surface area contributed by atoms with Crippen LogP contribution in [0.5, 0.6) is 0 Å². The lowest BCUT2D eigenvalue weighted by atomic mass is 10.0. The lowest BCUT2D eigenvalue weighted by Gasteiger charge is -2.16. The molecule has 2 aromatic rings. The molecule has 5 nitrogen and oxygen atoms in total. The summed E-state index contributed by atoms with van der Waals surface area (Å²) in [6.07, 6.45) is 0.207. The number of rotatable bonds is 5. The Morgan fingerprint density at radius 3 is 2.50 bits per heavy atom. The van der Waals surface area contributed by atoms with E-state index in [2.05, 4.69) is 21.2 Å². The molecule has 2 aromatic carbocycles. The van der Waals surface area contributed by atoms with Crippen molar-refractivity contribution in [1.29, 1.82) is 5.26 Å². The van der Waals surface area contributed by atoms with Crippen molar-refractivity contribution in [2.75, 3.05) is 0 Å². The highest BCUT2D eigenvalue weighted by atomic mass is 79.9. The summed E-state index contributed by atoms with van der Waals surface area (Å²) in [5.74, 6) is -1.09. The van der Waals surface area contributed by atoms with Gasteiger partial charge in [0.15, 0.2) is 0 Å². The molecular weight excluding hydrogens is 394 g/mol. The van der Waals surface area contributed by atoms with E-state index in [4.69, 9.17) is 22.6 Å². The van der Waals surface area contributed by atoms with Gasteiger partial charge in [-0.2, -0.15) is 5.26 Å². The lowest BCUT2D eigenvalue weighted by Crippen LogP contribution is -2.45. The smallest absolute Gasteiger partial charge is 0.251 e. The number of primary amides is 1. The summed E-state index contributed by atoms with van der Waals surface area (Å²) in [6, 6.07) is 12.4. The molecule has 0 aliphatic carbocycles. The van der Waals surface area contributed by atoms with Crippen molar-refractivity contribution in [2.45, 2.75) is 12.5 Å². The maximum atomic E-state index is 12.3. The maximum Gasteiger partial charge on any atom is 0.251 e. The molecule has 7 heteroatoms. The fourth-order valence-corrected chi connectivity index (χ4v) is 2.68. The van der Waals surface area contributed by atoms with Crippen LogP contribution in [0.25, 0.3) is 0 Å². The molecule has 0 spiro atoms. The van der Waals surface area contributed by atoms with Crippen molar-refractivity contribution in [3.8, 4) is 6.07 Å². The molecule has 0 heterocycles. The van der Waals surface area contributed by atoms with E-state index in [9.17, 15) is 9.59 Å². The number of carbonyl (C=O) groups is 2. The van der Waals surface area contributed by atoms with Crippen LogP contribution in [-0.2, 0) is 11.2 Å². The predicted octanol–water partition coefficient (Wildman–Crippen LogP) is 2.80. The first-order valence-electron chi connectivity index (χ1n) is 6.95. The largest absolute Gasteiger partial charge is 0.368 e. The van der Waals surface area contributed by atoms with Gasteiger partial charge in [0.05, 0.1) is 11.6 Å². The van der Waals surface area contributed by atoms with Gasteiger partial charge >= 0.3 is 0 Å². The molecule has 0 saturated heterocycles. The Labute approximate surface area is 152 Å². The highest BCUT2D eigenvalue weighted by Crippen LogP contribution is 2.22. The Bertz CT molecular complexity index is 816. The SMILES string of the molecule is N#Cc1ccc(C(=O)N[C@H](Cc2cc(Cl)ccc2Br)C(N)=O)cc1. The highest BCUT2D eigenvalue weighted by molar-refractivity contribution is 9.10. The molecule has 0 fully saturated rings. The second-order valence-corrected chi connectivity index (χ2v) is 6.35. The summed E-state index contributed by atoms with van der Waals surface area (Å²) >= 11 is 9.34. The number of nitrogens with two attached hydrogens (primary N) is 1. The third kappa shape index (κ3) is 4.57. The highest BCUT2D eigenvalue weighted by Gasteiger charge is 2.20. The first-order valence-corrected chi connectivity index (χ1v) is 8.12. The number of nitrogens with one attached hydrogen (secondary N) is 1. The zero-order valence-electron chi connectivity index (χ0n) is 12.4. The standard InChI is InChI=1S/C17H13BrClN3O2/c18-14-6-5-13(19)7-12(14)8-15(16(21)23)22-17(24)11-3-1-10(9-20)2-4-11/h1-7,15H,8H2,(H2,21,23)(H,22,24)/t15-/m1/s1. The van der Waals surface area contributed by atoms with Crippen molar-refractivity contribution in [1.82, 2.24) is 5.32 Å². The number of amides is 2. The van der Waals surface area contributed by atoms with Gasteiger partial charge in [-0.05, 0) is 48.0 Å². The number of benzene rings is 2. The average molecular weight is 407 g/mol. The fraction of sp³-hybridized carbons (Fsp3) is 0.118. The minimum Gasteiger partial charge on any atom is -0.368 e. The van der Waals surface area contributed by atoms with Gasteiger partial charge < -0.3 is 11.1 Å². The third-order valence-electron chi connectivity index (χ3n) is 3.36. The van der Waals surface area contributed by atoms with Gasteiger partial charge in [-0.25, -0.2) is 0 Å². The van der Waals surface area contributed by atoms with Gasteiger partial charge in [0.25, 0.3) is 5.91 Å². The number of hydrogen-bond acceptors (Lipinski definition) is 3. The average Bonchev–Trinajstić information content (AvgIpc) is 2.57. The van der Waals surface area contributed by atoms with E-state index in [1.54, 1.807) is 18.2 Å². The van der Waals surface area contributed by atoms with E-state index in [1.165, 1.54) is 24.3 Å². The number of nitriles is 1. The molecule has 0 aromatic heterocycles. The minimum atomic E-state index is -0.886. The second kappa shape index (κ2) is 7.95. The van der Waals surface area contributed by atoms with Crippen LogP contribution in [0.1, 0.15) is 21.5 Å². The lowest BCUT2D eigenvalue weighted by molar-refractivity contribution is -0.119.